The molecule has 2 N–H and O–H groups in total. The fraction of sp³-hybridized carbons (Fsp3) is 0.333. The molecule has 0 aliphatic heterocycles. The lowest BCUT2D eigenvalue weighted by Gasteiger charge is -2.13. The van der Waals surface area contributed by atoms with E-state index in [1.54, 1.807) is 24.3 Å². The summed E-state index contributed by atoms with van der Waals surface area (Å²) in [4.78, 5) is 22.7. The molecule has 1 aromatic carbocycles. The number of nitrogens with one attached hydrogen (secondary N) is 1. The summed E-state index contributed by atoms with van der Waals surface area (Å²) in [6.07, 6.45) is 1.80. The molecule has 0 unspecified atom stereocenters. The third-order valence-corrected chi connectivity index (χ3v) is 3.46. The fourth-order valence-corrected chi connectivity index (χ4v) is 2.16. The predicted octanol–water partition coefficient (Wildman–Crippen LogP) is 1.70. The van der Waals surface area contributed by atoms with E-state index in [0.717, 1.165) is 17.2 Å². The van der Waals surface area contributed by atoms with Gasteiger partial charge in [-0.3, -0.25) is 0 Å². The number of hydrogen-bond donors (Lipinski definition) is 2. The van der Waals surface area contributed by atoms with E-state index in [2.05, 4.69) is 5.32 Å². The molecule has 0 fully saturated rings. The van der Waals surface area contributed by atoms with Crippen LogP contribution in [-0.2, 0) is 26.0 Å². The van der Waals surface area contributed by atoms with E-state index in [4.69, 9.17) is 9.84 Å². The molecule has 0 aliphatic carbocycles. The minimum absolute atomic E-state index is 0.0347. The Morgan fingerprint density at radius 3 is 2.52 bits per heavy atom. The second-order valence-corrected chi connectivity index (χ2v) is 6.81. The normalized spacial score (nSPS) is 12.7. The molecule has 0 saturated heterocycles. The number of allylic oxidation sites excluding steroid dienone is 1. The summed E-state index contributed by atoms with van der Waals surface area (Å²) in [5.74, 6) is -1.21. The Labute approximate surface area is 134 Å². The lowest BCUT2D eigenvalue weighted by Crippen LogP contribution is -2.40. The molecule has 23 heavy (non-hydrogen) atoms. The van der Waals surface area contributed by atoms with Gasteiger partial charge in [-0.2, -0.15) is 0 Å². The second-order valence-electron chi connectivity index (χ2n) is 4.88. The van der Waals surface area contributed by atoms with Gasteiger partial charge in [0.2, 0.25) is 0 Å². The molecule has 0 aromatic heterocycles. The molecule has 8 heteroatoms. The SMILES string of the molecule is CS(=O)(=O)/C=C/CC[C@H](NC(=O)OCc1ccccc1)C(=O)O. The molecule has 1 amide bonds. The van der Waals surface area contributed by atoms with Crippen LogP contribution in [0.3, 0.4) is 0 Å². The van der Waals surface area contributed by atoms with E-state index in [0.29, 0.717) is 0 Å². The standard InChI is InChI=1S/C15H19NO6S/c1-23(20,21)10-6-5-9-13(14(17)18)16-15(19)22-11-12-7-3-2-4-8-12/h2-4,6-8,10,13H,5,9,11H2,1H3,(H,16,19)(H,17,18)/b10-6+/t13-/m0/s1. The fourth-order valence-electron chi connectivity index (χ4n) is 1.67. The van der Waals surface area contributed by atoms with Gasteiger partial charge in [-0.05, 0) is 18.4 Å². The Hall–Kier alpha value is -2.35. The highest BCUT2D eigenvalue weighted by atomic mass is 32.2. The van der Waals surface area contributed by atoms with Gasteiger partial charge in [-0.1, -0.05) is 36.4 Å². The zero-order valence-electron chi connectivity index (χ0n) is 12.6. The van der Waals surface area contributed by atoms with Gasteiger partial charge < -0.3 is 15.2 Å². The van der Waals surface area contributed by atoms with Crippen LogP contribution in [0, 0.1) is 0 Å². The Kier molecular flexibility index (Phi) is 7.27. The van der Waals surface area contributed by atoms with Crippen LogP contribution < -0.4 is 5.32 Å². The van der Waals surface area contributed by atoms with Crippen LogP contribution in [-0.4, -0.2) is 37.9 Å². The van der Waals surface area contributed by atoms with Gasteiger partial charge in [0.15, 0.2) is 9.84 Å². The van der Waals surface area contributed by atoms with Crippen LogP contribution in [0.1, 0.15) is 18.4 Å². The summed E-state index contributed by atoms with van der Waals surface area (Å²) in [6.45, 7) is 0.0347. The highest BCUT2D eigenvalue weighted by Crippen LogP contribution is 2.03. The molecular formula is C15H19NO6S. The molecule has 126 valence electrons. The molecule has 0 saturated carbocycles. The van der Waals surface area contributed by atoms with Crippen LogP contribution in [0.4, 0.5) is 4.79 Å². The van der Waals surface area contributed by atoms with Crippen LogP contribution >= 0.6 is 0 Å². The Bertz CT molecular complexity index is 654. The zero-order valence-corrected chi connectivity index (χ0v) is 13.5. The van der Waals surface area contributed by atoms with Gasteiger partial charge in [-0.25, -0.2) is 18.0 Å². The number of rotatable bonds is 8. The number of carboxylic acid groups (broad SMARTS) is 1. The molecule has 1 aromatic rings. The van der Waals surface area contributed by atoms with Crippen LogP contribution in [0.2, 0.25) is 0 Å². The summed E-state index contributed by atoms with van der Waals surface area (Å²) < 4.78 is 26.8. The largest absolute Gasteiger partial charge is 0.480 e. The maximum absolute atomic E-state index is 11.6. The number of benzene rings is 1. The van der Waals surface area contributed by atoms with Crippen molar-refractivity contribution in [2.75, 3.05) is 6.26 Å². The van der Waals surface area contributed by atoms with Crippen molar-refractivity contribution < 1.29 is 27.9 Å². The molecular weight excluding hydrogens is 322 g/mol. The van der Waals surface area contributed by atoms with Gasteiger partial charge >= 0.3 is 12.1 Å². The Morgan fingerprint density at radius 2 is 1.96 bits per heavy atom. The van der Waals surface area contributed by atoms with Crippen molar-refractivity contribution in [3.05, 3.63) is 47.4 Å². The second kappa shape index (κ2) is 8.94. The average molecular weight is 341 g/mol. The number of carbonyl (C=O) groups is 2. The molecule has 0 heterocycles. The van der Waals surface area contributed by atoms with E-state index in [1.807, 2.05) is 6.07 Å². The number of aliphatic carboxylic acids is 1. The van der Waals surface area contributed by atoms with Crippen molar-refractivity contribution in [3.63, 3.8) is 0 Å². The molecule has 0 aliphatic rings. The van der Waals surface area contributed by atoms with Crippen molar-refractivity contribution in [1.82, 2.24) is 5.32 Å². The average Bonchev–Trinajstić information content (AvgIpc) is 2.48. The Morgan fingerprint density at radius 1 is 1.30 bits per heavy atom. The first-order valence-corrected chi connectivity index (χ1v) is 8.80. The van der Waals surface area contributed by atoms with Gasteiger partial charge in [-0.15, -0.1) is 0 Å². The first kappa shape index (κ1) is 18.7. The lowest BCUT2D eigenvalue weighted by atomic mass is 10.1. The minimum Gasteiger partial charge on any atom is -0.480 e. The van der Waals surface area contributed by atoms with Crippen LogP contribution in [0.15, 0.2) is 41.8 Å². The topological polar surface area (TPSA) is 110 Å². The highest BCUT2D eigenvalue weighted by molar-refractivity contribution is 7.93. The zero-order chi connectivity index (χ0) is 17.3. The van der Waals surface area contributed by atoms with Crippen LogP contribution in [0.5, 0.6) is 0 Å². The number of sulfone groups is 1. The number of alkyl carbamates (subject to hydrolysis) is 1. The number of carbonyl (C=O) groups excluding carboxylic acids is 1. The van der Waals surface area contributed by atoms with Gasteiger partial charge in [0, 0.05) is 11.7 Å². The maximum Gasteiger partial charge on any atom is 0.408 e. The summed E-state index contributed by atoms with van der Waals surface area (Å²) >= 11 is 0. The van der Waals surface area contributed by atoms with Crippen molar-refractivity contribution in [1.29, 1.82) is 0 Å². The quantitative estimate of drug-likeness (QED) is 0.745. The Balaban J connectivity index is 2.44. The number of ether oxygens (including phenoxy) is 1. The van der Waals surface area contributed by atoms with Gasteiger partial charge in [0.05, 0.1) is 0 Å². The van der Waals surface area contributed by atoms with Crippen molar-refractivity contribution >= 4 is 21.9 Å². The van der Waals surface area contributed by atoms with E-state index in [1.165, 1.54) is 6.08 Å². The number of hydrogen-bond acceptors (Lipinski definition) is 5. The first-order valence-electron chi connectivity index (χ1n) is 6.84. The lowest BCUT2D eigenvalue weighted by molar-refractivity contribution is -0.139. The van der Waals surface area contributed by atoms with E-state index in [9.17, 15) is 18.0 Å². The third-order valence-electron chi connectivity index (χ3n) is 2.77. The van der Waals surface area contributed by atoms with Gasteiger partial charge in [0.25, 0.3) is 0 Å². The molecule has 7 nitrogen and oxygen atoms in total. The summed E-state index contributed by atoms with van der Waals surface area (Å²) in [6, 6.07) is 7.82. The monoisotopic (exact) mass is 341 g/mol. The summed E-state index contributed by atoms with van der Waals surface area (Å²) in [5, 5.41) is 12.3. The van der Waals surface area contributed by atoms with E-state index in [-0.39, 0.29) is 19.4 Å². The molecule has 0 radical (unpaired) electrons. The van der Waals surface area contributed by atoms with E-state index < -0.39 is 27.9 Å². The number of carboxylic acids is 1. The predicted molar refractivity (Wildman–Crippen MR) is 84.4 cm³/mol. The summed E-state index contributed by atoms with van der Waals surface area (Å²) in [5.41, 5.74) is 0.783. The van der Waals surface area contributed by atoms with Crippen molar-refractivity contribution in [2.24, 2.45) is 0 Å². The molecule has 1 rings (SSSR count). The maximum atomic E-state index is 11.6. The van der Waals surface area contributed by atoms with E-state index >= 15 is 0 Å². The smallest absolute Gasteiger partial charge is 0.408 e. The third kappa shape index (κ3) is 8.62. The van der Waals surface area contributed by atoms with Crippen molar-refractivity contribution in [2.45, 2.75) is 25.5 Å². The molecule has 0 bridgehead atoms. The van der Waals surface area contributed by atoms with Gasteiger partial charge in [0.1, 0.15) is 12.6 Å². The summed E-state index contributed by atoms with van der Waals surface area (Å²) in [7, 11) is -3.24. The molecule has 0 spiro atoms. The van der Waals surface area contributed by atoms with Crippen molar-refractivity contribution in [3.8, 4) is 0 Å². The van der Waals surface area contributed by atoms with Crippen LogP contribution in [0.25, 0.3) is 0 Å². The minimum atomic E-state index is -3.24. The highest BCUT2D eigenvalue weighted by Gasteiger charge is 2.19. The molecule has 1 atom stereocenters. The number of amides is 1. The first-order chi connectivity index (χ1) is 10.8.